The molecule has 1 aromatic heterocycles. The summed E-state index contributed by atoms with van der Waals surface area (Å²) in [7, 11) is 0. The highest BCUT2D eigenvalue weighted by Crippen LogP contribution is 2.29. The Bertz CT molecular complexity index is 454. The molecule has 0 radical (unpaired) electrons. The molecule has 3 rings (SSSR count). The lowest BCUT2D eigenvalue weighted by Crippen LogP contribution is -2.35. The number of thiazole rings is 1. The fourth-order valence-electron chi connectivity index (χ4n) is 3.24. The molecule has 1 amide bonds. The summed E-state index contributed by atoms with van der Waals surface area (Å²) in [5.41, 5.74) is 1.22. The summed E-state index contributed by atoms with van der Waals surface area (Å²) < 4.78 is 0. The average molecular weight is 307 g/mol. The van der Waals surface area contributed by atoms with Gasteiger partial charge in [0.15, 0.2) is 5.13 Å². The molecule has 0 saturated carbocycles. The number of carbonyl (C=O) groups excluding carboxylic acids is 1. The Kier molecular flexibility index (Phi) is 5.25. The highest BCUT2D eigenvalue weighted by atomic mass is 32.1. The molecular formula is C16H25N3OS. The molecule has 1 aromatic rings. The minimum atomic E-state index is 0.0988. The number of likely N-dealkylation sites (tertiary alicyclic amines) is 1. The summed E-state index contributed by atoms with van der Waals surface area (Å²) in [4.78, 5) is 20.5. The van der Waals surface area contributed by atoms with Gasteiger partial charge < -0.3 is 5.32 Å². The summed E-state index contributed by atoms with van der Waals surface area (Å²) >= 11 is 1.67. The molecule has 1 fully saturated rings. The molecule has 2 aliphatic rings. The van der Waals surface area contributed by atoms with Gasteiger partial charge in [0, 0.05) is 4.88 Å². The lowest BCUT2D eigenvalue weighted by molar-refractivity contribution is -0.117. The average Bonchev–Trinajstić information content (AvgIpc) is 2.83. The molecule has 0 aromatic carbocycles. The van der Waals surface area contributed by atoms with Gasteiger partial charge in [-0.2, -0.15) is 0 Å². The molecule has 1 N–H and O–H groups in total. The van der Waals surface area contributed by atoms with Crippen molar-refractivity contribution in [2.24, 2.45) is 0 Å². The van der Waals surface area contributed by atoms with Crippen LogP contribution in [0.4, 0.5) is 5.13 Å². The van der Waals surface area contributed by atoms with Gasteiger partial charge in [-0.05, 0) is 51.6 Å². The molecule has 4 nitrogen and oxygen atoms in total. The summed E-state index contributed by atoms with van der Waals surface area (Å²) in [6, 6.07) is 0. The van der Waals surface area contributed by atoms with Crippen LogP contribution in [0.3, 0.4) is 0 Å². The summed E-state index contributed by atoms with van der Waals surface area (Å²) in [5.74, 6) is 0.0988. The molecule has 116 valence electrons. The van der Waals surface area contributed by atoms with E-state index in [1.165, 1.54) is 55.5 Å². The van der Waals surface area contributed by atoms with Gasteiger partial charge in [-0.25, -0.2) is 4.98 Å². The standard InChI is InChI=1S/C16H25N3OS/c20-15(12-19-10-6-2-1-3-7-11-19)18-16-17-13-8-4-5-9-14(13)21-16/h1-12H2,(H,17,18,20). The minimum absolute atomic E-state index is 0.0988. The largest absolute Gasteiger partial charge is 0.301 e. The zero-order chi connectivity index (χ0) is 14.5. The molecule has 21 heavy (non-hydrogen) atoms. The number of aryl methyl sites for hydroxylation is 2. The smallest absolute Gasteiger partial charge is 0.240 e. The highest BCUT2D eigenvalue weighted by Gasteiger charge is 2.17. The van der Waals surface area contributed by atoms with Crippen LogP contribution in [-0.4, -0.2) is 35.4 Å². The van der Waals surface area contributed by atoms with Crippen LogP contribution in [0.2, 0.25) is 0 Å². The molecule has 5 heteroatoms. The third-order valence-electron chi connectivity index (χ3n) is 4.41. The normalized spacial score (nSPS) is 20.4. The van der Waals surface area contributed by atoms with Crippen molar-refractivity contribution in [3.05, 3.63) is 10.6 Å². The van der Waals surface area contributed by atoms with Crippen LogP contribution in [0.1, 0.15) is 55.5 Å². The maximum atomic E-state index is 12.2. The maximum absolute atomic E-state index is 12.2. The molecule has 0 bridgehead atoms. The van der Waals surface area contributed by atoms with Crippen molar-refractivity contribution in [1.29, 1.82) is 0 Å². The number of rotatable bonds is 3. The van der Waals surface area contributed by atoms with E-state index in [0.717, 1.165) is 31.1 Å². The van der Waals surface area contributed by atoms with Gasteiger partial charge >= 0.3 is 0 Å². The number of hydrogen-bond donors (Lipinski definition) is 1. The molecular weight excluding hydrogens is 282 g/mol. The van der Waals surface area contributed by atoms with Gasteiger partial charge in [0.1, 0.15) is 0 Å². The van der Waals surface area contributed by atoms with Crippen molar-refractivity contribution in [2.45, 2.75) is 57.8 Å². The minimum Gasteiger partial charge on any atom is -0.301 e. The predicted molar refractivity (Wildman–Crippen MR) is 86.9 cm³/mol. The van der Waals surface area contributed by atoms with Crippen molar-refractivity contribution < 1.29 is 4.79 Å². The Labute approximate surface area is 130 Å². The molecule has 0 spiro atoms. The predicted octanol–water partition coefficient (Wildman–Crippen LogP) is 3.23. The number of anilines is 1. The third-order valence-corrected chi connectivity index (χ3v) is 5.48. The van der Waals surface area contributed by atoms with Gasteiger partial charge in [-0.1, -0.05) is 19.3 Å². The summed E-state index contributed by atoms with van der Waals surface area (Å²) in [6.45, 7) is 2.63. The Balaban J connectivity index is 1.52. The van der Waals surface area contributed by atoms with Crippen LogP contribution >= 0.6 is 11.3 Å². The van der Waals surface area contributed by atoms with Crippen LogP contribution in [0.25, 0.3) is 0 Å². The van der Waals surface area contributed by atoms with E-state index < -0.39 is 0 Å². The zero-order valence-electron chi connectivity index (χ0n) is 12.7. The molecule has 0 unspecified atom stereocenters. The second-order valence-corrected chi connectivity index (χ2v) is 7.27. The lowest BCUT2D eigenvalue weighted by atomic mass is 10.0. The first kappa shape index (κ1) is 15.0. The van der Waals surface area contributed by atoms with Crippen molar-refractivity contribution >= 4 is 22.4 Å². The number of carbonyl (C=O) groups is 1. The van der Waals surface area contributed by atoms with Gasteiger partial charge in [0.05, 0.1) is 12.2 Å². The first-order chi connectivity index (χ1) is 10.3. The van der Waals surface area contributed by atoms with E-state index in [0.29, 0.717) is 6.54 Å². The Morgan fingerprint density at radius 1 is 1.05 bits per heavy atom. The molecule has 1 aliphatic carbocycles. The zero-order valence-corrected chi connectivity index (χ0v) is 13.5. The Hall–Kier alpha value is -0.940. The second kappa shape index (κ2) is 7.36. The van der Waals surface area contributed by atoms with E-state index in [1.807, 2.05) is 0 Å². The van der Waals surface area contributed by atoms with Gasteiger partial charge in [-0.3, -0.25) is 9.69 Å². The van der Waals surface area contributed by atoms with Crippen LogP contribution in [0, 0.1) is 0 Å². The molecule has 0 atom stereocenters. The Morgan fingerprint density at radius 3 is 2.52 bits per heavy atom. The van der Waals surface area contributed by atoms with E-state index in [9.17, 15) is 4.79 Å². The number of nitrogens with one attached hydrogen (secondary N) is 1. The number of fused-ring (bicyclic) bond motifs is 1. The fraction of sp³-hybridized carbons (Fsp3) is 0.750. The van der Waals surface area contributed by atoms with Gasteiger partial charge in [0.2, 0.25) is 5.91 Å². The van der Waals surface area contributed by atoms with Gasteiger partial charge in [0.25, 0.3) is 0 Å². The van der Waals surface area contributed by atoms with Crippen LogP contribution < -0.4 is 5.32 Å². The van der Waals surface area contributed by atoms with E-state index in [1.54, 1.807) is 11.3 Å². The fourth-order valence-corrected chi connectivity index (χ4v) is 4.30. The van der Waals surface area contributed by atoms with E-state index in [2.05, 4.69) is 15.2 Å². The van der Waals surface area contributed by atoms with Crippen molar-refractivity contribution in [2.75, 3.05) is 25.0 Å². The molecule has 1 aliphatic heterocycles. The van der Waals surface area contributed by atoms with Crippen molar-refractivity contribution in [1.82, 2.24) is 9.88 Å². The van der Waals surface area contributed by atoms with E-state index >= 15 is 0 Å². The number of nitrogens with zero attached hydrogens (tertiary/aromatic N) is 2. The SMILES string of the molecule is O=C(CN1CCCCCCC1)Nc1nc2c(s1)CCCC2. The van der Waals surface area contributed by atoms with Crippen molar-refractivity contribution in [3.8, 4) is 0 Å². The van der Waals surface area contributed by atoms with Crippen molar-refractivity contribution in [3.63, 3.8) is 0 Å². The first-order valence-electron chi connectivity index (χ1n) is 8.32. The van der Waals surface area contributed by atoms with Crippen LogP contribution in [0.15, 0.2) is 0 Å². The van der Waals surface area contributed by atoms with E-state index in [-0.39, 0.29) is 5.91 Å². The number of hydrogen-bond acceptors (Lipinski definition) is 4. The van der Waals surface area contributed by atoms with Crippen LogP contribution in [-0.2, 0) is 17.6 Å². The maximum Gasteiger partial charge on any atom is 0.240 e. The van der Waals surface area contributed by atoms with E-state index in [4.69, 9.17) is 0 Å². The summed E-state index contributed by atoms with van der Waals surface area (Å²) in [6.07, 6.45) is 11.1. The highest BCUT2D eigenvalue weighted by molar-refractivity contribution is 7.15. The first-order valence-corrected chi connectivity index (χ1v) is 9.14. The Morgan fingerprint density at radius 2 is 1.76 bits per heavy atom. The quantitative estimate of drug-likeness (QED) is 0.932. The molecule has 1 saturated heterocycles. The third kappa shape index (κ3) is 4.27. The number of amides is 1. The summed E-state index contributed by atoms with van der Waals surface area (Å²) in [5, 5.41) is 3.81. The van der Waals surface area contributed by atoms with Gasteiger partial charge in [-0.15, -0.1) is 11.3 Å². The molecule has 2 heterocycles. The second-order valence-electron chi connectivity index (χ2n) is 6.19. The van der Waals surface area contributed by atoms with Crippen LogP contribution in [0.5, 0.6) is 0 Å². The lowest BCUT2D eigenvalue weighted by Gasteiger charge is -2.23. The number of aromatic nitrogens is 1. The monoisotopic (exact) mass is 307 g/mol. The topological polar surface area (TPSA) is 45.2 Å².